The highest BCUT2D eigenvalue weighted by Crippen LogP contribution is 2.17. The molecule has 0 aliphatic heterocycles. The van der Waals surface area contributed by atoms with Crippen molar-refractivity contribution < 1.29 is 0 Å². The SMILES string of the molecule is CNC(C)(C)CNc1cc(N(C)C(C)C)nc(C)n1. The monoisotopic (exact) mass is 265 g/mol. The number of nitrogens with one attached hydrogen (secondary N) is 2. The number of rotatable bonds is 6. The number of hydrogen-bond donors (Lipinski definition) is 2. The molecular weight excluding hydrogens is 238 g/mol. The molecule has 0 spiro atoms. The van der Waals surface area contributed by atoms with Gasteiger partial charge in [0, 0.05) is 31.2 Å². The normalized spacial score (nSPS) is 11.8. The molecule has 5 heteroatoms. The average Bonchev–Trinajstić information content (AvgIpc) is 2.35. The summed E-state index contributed by atoms with van der Waals surface area (Å²) in [5, 5.41) is 6.64. The van der Waals surface area contributed by atoms with E-state index in [2.05, 4.69) is 53.2 Å². The molecule has 0 fully saturated rings. The van der Waals surface area contributed by atoms with Crippen LogP contribution in [-0.2, 0) is 0 Å². The zero-order valence-electron chi connectivity index (χ0n) is 13.2. The van der Waals surface area contributed by atoms with Gasteiger partial charge in [-0.1, -0.05) is 0 Å². The molecule has 1 aromatic rings. The van der Waals surface area contributed by atoms with Crippen molar-refractivity contribution in [2.75, 3.05) is 30.9 Å². The van der Waals surface area contributed by atoms with Gasteiger partial charge >= 0.3 is 0 Å². The summed E-state index contributed by atoms with van der Waals surface area (Å²) in [7, 11) is 4.01. The maximum atomic E-state index is 4.48. The van der Waals surface area contributed by atoms with Crippen LogP contribution in [0.3, 0.4) is 0 Å². The Hall–Kier alpha value is -1.36. The second kappa shape index (κ2) is 6.19. The summed E-state index contributed by atoms with van der Waals surface area (Å²) < 4.78 is 0. The third-order valence-corrected chi connectivity index (χ3v) is 3.35. The van der Waals surface area contributed by atoms with Crippen LogP contribution in [0, 0.1) is 6.92 Å². The first-order chi connectivity index (χ1) is 8.75. The Morgan fingerprint density at radius 3 is 2.47 bits per heavy atom. The number of hydrogen-bond acceptors (Lipinski definition) is 5. The van der Waals surface area contributed by atoms with Crippen LogP contribution in [0.15, 0.2) is 6.07 Å². The molecule has 0 aromatic carbocycles. The lowest BCUT2D eigenvalue weighted by Crippen LogP contribution is -2.43. The maximum Gasteiger partial charge on any atom is 0.134 e. The number of anilines is 2. The van der Waals surface area contributed by atoms with Crippen LogP contribution in [0.2, 0.25) is 0 Å². The maximum absolute atomic E-state index is 4.48. The van der Waals surface area contributed by atoms with Crippen molar-refractivity contribution >= 4 is 11.6 Å². The molecule has 1 rings (SSSR count). The number of aromatic nitrogens is 2. The molecule has 2 N–H and O–H groups in total. The van der Waals surface area contributed by atoms with E-state index in [0.717, 1.165) is 24.0 Å². The fourth-order valence-electron chi connectivity index (χ4n) is 1.49. The third kappa shape index (κ3) is 4.67. The fraction of sp³-hybridized carbons (Fsp3) is 0.714. The predicted molar refractivity (Wildman–Crippen MR) is 81.9 cm³/mol. The summed E-state index contributed by atoms with van der Waals surface area (Å²) in [6.45, 7) is 11.3. The van der Waals surface area contributed by atoms with E-state index in [4.69, 9.17) is 0 Å². The minimum Gasteiger partial charge on any atom is -0.368 e. The summed E-state index contributed by atoms with van der Waals surface area (Å²) in [5.41, 5.74) is 0.0307. The quantitative estimate of drug-likeness (QED) is 0.824. The van der Waals surface area contributed by atoms with E-state index in [-0.39, 0.29) is 5.54 Å². The Balaban J connectivity index is 2.85. The summed E-state index contributed by atoms with van der Waals surface area (Å²) in [6, 6.07) is 2.41. The van der Waals surface area contributed by atoms with Crippen molar-refractivity contribution in [2.45, 2.75) is 46.2 Å². The van der Waals surface area contributed by atoms with Gasteiger partial charge in [0.25, 0.3) is 0 Å². The Labute approximate surface area is 116 Å². The Morgan fingerprint density at radius 2 is 1.95 bits per heavy atom. The average molecular weight is 265 g/mol. The first-order valence-electron chi connectivity index (χ1n) is 6.76. The summed E-state index contributed by atoms with van der Waals surface area (Å²) >= 11 is 0. The molecule has 0 bridgehead atoms. The van der Waals surface area contributed by atoms with Crippen LogP contribution < -0.4 is 15.5 Å². The lowest BCUT2D eigenvalue weighted by atomic mass is 10.1. The van der Waals surface area contributed by atoms with Crippen molar-refractivity contribution in [2.24, 2.45) is 0 Å². The van der Waals surface area contributed by atoms with Crippen molar-refractivity contribution in [3.63, 3.8) is 0 Å². The van der Waals surface area contributed by atoms with Gasteiger partial charge in [-0.3, -0.25) is 0 Å². The van der Waals surface area contributed by atoms with Crippen molar-refractivity contribution in [1.29, 1.82) is 0 Å². The van der Waals surface area contributed by atoms with Crippen molar-refractivity contribution in [1.82, 2.24) is 15.3 Å². The van der Waals surface area contributed by atoms with Gasteiger partial charge in [-0.15, -0.1) is 0 Å². The molecule has 0 atom stereocenters. The molecule has 0 amide bonds. The lowest BCUT2D eigenvalue weighted by molar-refractivity contribution is 0.447. The van der Waals surface area contributed by atoms with Crippen LogP contribution in [0.4, 0.5) is 11.6 Å². The van der Waals surface area contributed by atoms with Gasteiger partial charge in [-0.05, 0) is 41.7 Å². The molecule has 108 valence electrons. The van der Waals surface area contributed by atoms with Gasteiger partial charge in [0.1, 0.15) is 17.5 Å². The van der Waals surface area contributed by atoms with Crippen LogP contribution in [-0.4, -0.2) is 42.2 Å². The third-order valence-electron chi connectivity index (χ3n) is 3.35. The van der Waals surface area contributed by atoms with Gasteiger partial charge in [0.05, 0.1) is 0 Å². The molecule has 0 aliphatic rings. The molecule has 0 radical (unpaired) electrons. The standard InChI is InChI=1S/C14H27N5/c1-10(2)19(7)13-8-12(17-11(3)18-13)16-9-14(4,5)15-6/h8,10,15H,9H2,1-7H3,(H,16,17,18). The Bertz CT molecular complexity index is 414. The summed E-state index contributed by atoms with van der Waals surface area (Å²) in [6.07, 6.45) is 0. The van der Waals surface area contributed by atoms with Crippen molar-refractivity contribution in [3.8, 4) is 0 Å². The van der Waals surface area contributed by atoms with E-state index < -0.39 is 0 Å². The largest absolute Gasteiger partial charge is 0.368 e. The second-order valence-electron chi connectivity index (χ2n) is 5.85. The van der Waals surface area contributed by atoms with Gasteiger partial charge in [-0.2, -0.15) is 0 Å². The molecule has 1 aromatic heterocycles. The molecule has 0 aliphatic carbocycles. The van der Waals surface area contributed by atoms with E-state index in [1.54, 1.807) is 0 Å². The Morgan fingerprint density at radius 1 is 1.32 bits per heavy atom. The smallest absolute Gasteiger partial charge is 0.134 e. The zero-order valence-corrected chi connectivity index (χ0v) is 13.2. The van der Waals surface area contributed by atoms with Gasteiger partial charge in [0.2, 0.25) is 0 Å². The summed E-state index contributed by atoms with van der Waals surface area (Å²) in [4.78, 5) is 11.1. The van der Waals surface area contributed by atoms with E-state index in [1.165, 1.54) is 0 Å². The van der Waals surface area contributed by atoms with E-state index in [0.29, 0.717) is 6.04 Å². The number of aryl methyl sites for hydroxylation is 1. The van der Waals surface area contributed by atoms with E-state index >= 15 is 0 Å². The molecule has 0 unspecified atom stereocenters. The first-order valence-corrected chi connectivity index (χ1v) is 6.76. The molecule has 0 saturated heterocycles. The minimum absolute atomic E-state index is 0.0307. The topological polar surface area (TPSA) is 53.1 Å². The molecule has 1 heterocycles. The van der Waals surface area contributed by atoms with Crippen molar-refractivity contribution in [3.05, 3.63) is 11.9 Å². The highest BCUT2D eigenvalue weighted by Gasteiger charge is 2.15. The van der Waals surface area contributed by atoms with Gasteiger partial charge in [0.15, 0.2) is 0 Å². The van der Waals surface area contributed by atoms with Gasteiger partial charge in [-0.25, -0.2) is 9.97 Å². The lowest BCUT2D eigenvalue weighted by Gasteiger charge is -2.26. The van der Waals surface area contributed by atoms with Crippen LogP contribution >= 0.6 is 0 Å². The van der Waals surface area contributed by atoms with Gasteiger partial charge < -0.3 is 15.5 Å². The molecular formula is C14H27N5. The molecule has 19 heavy (non-hydrogen) atoms. The molecule has 0 saturated carbocycles. The highest BCUT2D eigenvalue weighted by atomic mass is 15.2. The van der Waals surface area contributed by atoms with Crippen LogP contribution in [0.5, 0.6) is 0 Å². The van der Waals surface area contributed by atoms with E-state index in [9.17, 15) is 0 Å². The zero-order chi connectivity index (χ0) is 14.6. The highest BCUT2D eigenvalue weighted by molar-refractivity contribution is 5.49. The van der Waals surface area contributed by atoms with Crippen LogP contribution in [0.1, 0.15) is 33.5 Å². The molecule has 5 nitrogen and oxygen atoms in total. The minimum atomic E-state index is 0.0307. The predicted octanol–water partition coefficient (Wildman–Crippen LogP) is 2.04. The number of nitrogens with zero attached hydrogens (tertiary/aromatic N) is 3. The number of likely N-dealkylation sites (N-methyl/N-ethyl adjacent to an activating group) is 1. The Kier molecular flexibility index (Phi) is 5.11. The van der Waals surface area contributed by atoms with E-state index in [1.807, 2.05) is 27.1 Å². The van der Waals surface area contributed by atoms with Crippen LogP contribution in [0.25, 0.3) is 0 Å². The first kappa shape index (κ1) is 15.7. The second-order valence-corrected chi connectivity index (χ2v) is 5.85. The fourth-order valence-corrected chi connectivity index (χ4v) is 1.49. The summed E-state index contributed by atoms with van der Waals surface area (Å²) in [5.74, 6) is 2.61.